The van der Waals surface area contributed by atoms with E-state index in [-0.39, 0.29) is 22.5 Å². The van der Waals surface area contributed by atoms with Gasteiger partial charge in [-0.05, 0) is 43.0 Å². The molecule has 0 bridgehead atoms. The Kier molecular flexibility index (Phi) is 6.37. The van der Waals surface area contributed by atoms with Gasteiger partial charge in [0.25, 0.3) is 11.8 Å². The molecule has 1 aromatic carbocycles. The summed E-state index contributed by atoms with van der Waals surface area (Å²) < 4.78 is 14.7. The maximum atomic E-state index is 13.3. The van der Waals surface area contributed by atoms with Crippen molar-refractivity contribution in [2.24, 2.45) is 0 Å². The average Bonchev–Trinajstić information content (AvgIpc) is 3.33. The third-order valence-electron chi connectivity index (χ3n) is 3.93. The van der Waals surface area contributed by atoms with E-state index in [1.807, 2.05) is 11.4 Å². The Morgan fingerprint density at radius 2 is 1.96 bits per heavy atom. The van der Waals surface area contributed by atoms with Gasteiger partial charge in [0.2, 0.25) is 0 Å². The summed E-state index contributed by atoms with van der Waals surface area (Å²) in [6.07, 6.45) is 0.573. The number of rotatable bonds is 7. The summed E-state index contributed by atoms with van der Waals surface area (Å²) >= 11 is 7.17. The van der Waals surface area contributed by atoms with Gasteiger partial charge in [0.05, 0.1) is 21.3 Å². The number of halogens is 2. The zero-order chi connectivity index (χ0) is 20.1. The Morgan fingerprint density at radius 3 is 2.64 bits per heavy atom. The Bertz CT molecular complexity index is 990. The molecule has 3 rings (SSSR count). The minimum atomic E-state index is -0.535. The van der Waals surface area contributed by atoms with Crippen LogP contribution in [-0.2, 0) is 0 Å². The molecule has 2 heterocycles. The number of aromatic nitrogens is 3. The highest BCUT2D eigenvalue weighted by atomic mass is 35.5. The number of hydrogen-bond acceptors (Lipinski definition) is 5. The molecule has 0 fully saturated rings. The zero-order valence-corrected chi connectivity index (χ0v) is 16.5. The minimum Gasteiger partial charge on any atom is -0.351 e. The van der Waals surface area contributed by atoms with Gasteiger partial charge >= 0.3 is 0 Å². The molecular formula is C18H17ClFN5O2S. The molecule has 2 N–H and O–H groups in total. The number of hydrogen-bond donors (Lipinski definition) is 2. The SMILES string of the molecule is Cc1c(C(=O)NCCCNC(=O)c2cccs2)nnn1-c1ccc(F)c(Cl)c1. The van der Waals surface area contributed by atoms with Gasteiger partial charge in [0.15, 0.2) is 5.69 Å². The van der Waals surface area contributed by atoms with Gasteiger partial charge in [-0.15, -0.1) is 16.4 Å². The van der Waals surface area contributed by atoms with E-state index in [2.05, 4.69) is 20.9 Å². The molecule has 2 aromatic heterocycles. The lowest BCUT2D eigenvalue weighted by Crippen LogP contribution is -2.30. The number of carbonyl (C=O) groups is 2. The largest absolute Gasteiger partial charge is 0.351 e. The molecule has 0 spiro atoms. The summed E-state index contributed by atoms with van der Waals surface area (Å²) in [5.41, 5.74) is 1.18. The summed E-state index contributed by atoms with van der Waals surface area (Å²) in [6.45, 7) is 2.50. The van der Waals surface area contributed by atoms with Gasteiger partial charge in [-0.3, -0.25) is 9.59 Å². The molecule has 0 saturated carbocycles. The average molecular weight is 422 g/mol. The van der Waals surface area contributed by atoms with Crippen LogP contribution in [0.25, 0.3) is 5.69 Å². The smallest absolute Gasteiger partial charge is 0.273 e. The van der Waals surface area contributed by atoms with Crippen LogP contribution in [0.4, 0.5) is 4.39 Å². The lowest BCUT2D eigenvalue weighted by Gasteiger charge is -2.06. The third kappa shape index (κ3) is 4.55. The van der Waals surface area contributed by atoms with Crippen LogP contribution in [0.15, 0.2) is 35.7 Å². The number of nitrogens with zero attached hydrogens (tertiary/aromatic N) is 3. The van der Waals surface area contributed by atoms with Gasteiger partial charge in [0.1, 0.15) is 5.82 Å². The topological polar surface area (TPSA) is 88.9 Å². The standard InChI is InChI=1S/C18H17ClFN5O2S/c1-11-16(23-24-25(11)12-5-6-14(20)13(19)10-12)18(27)22-8-3-7-21-17(26)15-4-2-9-28-15/h2,4-6,9-10H,3,7-8H2,1H3,(H,21,26)(H,22,27). The van der Waals surface area contributed by atoms with E-state index >= 15 is 0 Å². The summed E-state index contributed by atoms with van der Waals surface area (Å²) in [5, 5.41) is 15.2. The maximum Gasteiger partial charge on any atom is 0.273 e. The first-order chi connectivity index (χ1) is 13.5. The van der Waals surface area contributed by atoms with Crippen LogP contribution in [0, 0.1) is 12.7 Å². The highest BCUT2D eigenvalue weighted by molar-refractivity contribution is 7.12. The third-order valence-corrected chi connectivity index (χ3v) is 5.09. The first-order valence-corrected chi connectivity index (χ1v) is 9.70. The highest BCUT2D eigenvalue weighted by Gasteiger charge is 2.17. The minimum absolute atomic E-state index is 0.0389. The molecule has 0 unspecified atom stereocenters. The van der Waals surface area contributed by atoms with E-state index in [1.165, 1.54) is 34.2 Å². The molecule has 0 aliphatic rings. The van der Waals surface area contributed by atoms with Crippen LogP contribution in [0.3, 0.4) is 0 Å². The fourth-order valence-corrected chi connectivity index (χ4v) is 3.29. The number of nitrogens with one attached hydrogen (secondary N) is 2. The molecule has 2 amide bonds. The van der Waals surface area contributed by atoms with E-state index in [1.54, 1.807) is 13.0 Å². The van der Waals surface area contributed by atoms with Crippen molar-refractivity contribution in [3.05, 3.63) is 62.8 Å². The first-order valence-electron chi connectivity index (χ1n) is 8.45. The quantitative estimate of drug-likeness (QED) is 0.574. The molecule has 28 heavy (non-hydrogen) atoms. The van der Waals surface area contributed by atoms with Crippen LogP contribution in [-0.4, -0.2) is 39.9 Å². The van der Waals surface area contributed by atoms with Crippen LogP contribution in [0.2, 0.25) is 5.02 Å². The Hall–Kier alpha value is -2.78. The van der Waals surface area contributed by atoms with E-state index in [0.717, 1.165) is 0 Å². The Balaban J connectivity index is 1.51. The number of carbonyl (C=O) groups excluding carboxylic acids is 2. The molecule has 10 heteroatoms. The van der Waals surface area contributed by atoms with E-state index in [9.17, 15) is 14.0 Å². The van der Waals surface area contributed by atoms with Crippen molar-refractivity contribution in [3.8, 4) is 5.69 Å². The maximum absolute atomic E-state index is 13.3. The first kappa shape index (κ1) is 20.0. The van der Waals surface area contributed by atoms with Gasteiger partial charge in [0, 0.05) is 13.1 Å². The fourth-order valence-electron chi connectivity index (χ4n) is 2.47. The molecule has 146 valence electrons. The van der Waals surface area contributed by atoms with Crippen LogP contribution < -0.4 is 10.6 Å². The van der Waals surface area contributed by atoms with Gasteiger partial charge in [-0.2, -0.15) is 0 Å². The normalized spacial score (nSPS) is 10.7. The molecule has 0 aliphatic heterocycles. The second kappa shape index (κ2) is 8.94. The molecular weight excluding hydrogens is 405 g/mol. The summed E-state index contributed by atoms with van der Waals surface area (Å²) in [5.74, 6) is -1.04. The second-order valence-electron chi connectivity index (χ2n) is 5.88. The van der Waals surface area contributed by atoms with Crippen molar-refractivity contribution in [1.82, 2.24) is 25.6 Å². The van der Waals surface area contributed by atoms with Crippen molar-refractivity contribution in [2.45, 2.75) is 13.3 Å². The van der Waals surface area contributed by atoms with Crippen molar-refractivity contribution in [1.29, 1.82) is 0 Å². The zero-order valence-electron chi connectivity index (χ0n) is 14.9. The molecule has 7 nitrogen and oxygen atoms in total. The number of benzene rings is 1. The molecule has 0 saturated heterocycles. The van der Waals surface area contributed by atoms with Gasteiger partial charge in [-0.1, -0.05) is 22.9 Å². The van der Waals surface area contributed by atoms with Crippen LogP contribution >= 0.6 is 22.9 Å². The van der Waals surface area contributed by atoms with Crippen LogP contribution in [0.5, 0.6) is 0 Å². The number of amides is 2. The van der Waals surface area contributed by atoms with E-state index in [4.69, 9.17) is 11.6 Å². The van der Waals surface area contributed by atoms with Crippen molar-refractivity contribution in [2.75, 3.05) is 13.1 Å². The second-order valence-corrected chi connectivity index (χ2v) is 7.23. The van der Waals surface area contributed by atoms with E-state index in [0.29, 0.717) is 35.8 Å². The van der Waals surface area contributed by atoms with Crippen LogP contribution in [0.1, 0.15) is 32.3 Å². The van der Waals surface area contributed by atoms with Crippen molar-refractivity contribution < 1.29 is 14.0 Å². The molecule has 0 radical (unpaired) electrons. The lowest BCUT2D eigenvalue weighted by atomic mass is 10.2. The molecule has 0 aliphatic carbocycles. The Labute approximate surface area is 169 Å². The van der Waals surface area contributed by atoms with E-state index < -0.39 is 5.82 Å². The van der Waals surface area contributed by atoms with Crippen molar-refractivity contribution in [3.63, 3.8) is 0 Å². The Morgan fingerprint density at radius 1 is 1.21 bits per heavy atom. The van der Waals surface area contributed by atoms with Gasteiger partial charge in [-0.25, -0.2) is 9.07 Å². The van der Waals surface area contributed by atoms with Gasteiger partial charge < -0.3 is 10.6 Å². The number of thiophene rings is 1. The highest BCUT2D eigenvalue weighted by Crippen LogP contribution is 2.20. The molecule has 0 atom stereocenters. The predicted molar refractivity (Wildman–Crippen MR) is 105 cm³/mol. The summed E-state index contributed by atoms with van der Waals surface area (Å²) in [6, 6.07) is 7.71. The van der Waals surface area contributed by atoms with Crippen molar-refractivity contribution >= 4 is 34.8 Å². The monoisotopic (exact) mass is 421 g/mol. The predicted octanol–water partition coefficient (Wildman–Crippen LogP) is 2.98. The summed E-state index contributed by atoms with van der Waals surface area (Å²) in [7, 11) is 0. The lowest BCUT2D eigenvalue weighted by molar-refractivity contribution is 0.0947. The fraction of sp³-hybridized carbons (Fsp3) is 0.222. The molecule has 3 aromatic rings. The summed E-state index contributed by atoms with van der Waals surface area (Å²) in [4.78, 5) is 24.8.